The summed E-state index contributed by atoms with van der Waals surface area (Å²) in [6.07, 6.45) is 3.26. The Morgan fingerprint density at radius 3 is 2.38 bits per heavy atom. The highest BCUT2D eigenvalue weighted by molar-refractivity contribution is 5.55. The summed E-state index contributed by atoms with van der Waals surface area (Å²) in [4.78, 5) is 8.06. The number of ether oxygens (including phenoxy) is 3. The number of hydrogen-bond donors (Lipinski definition) is 1. The van der Waals surface area contributed by atoms with Crippen LogP contribution in [0.5, 0.6) is 17.2 Å². The van der Waals surface area contributed by atoms with Crippen LogP contribution >= 0.6 is 0 Å². The van der Waals surface area contributed by atoms with Crippen molar-refractivity contribution < 1.29 is 14.2 Å². The molecule has 0 aliphatic rings. The average Bonchev–Trinajstić information content (AvgIpc) is 2.55. The fourth-order valence-electron chi connectivity index (χ4n) is 2.05. The Morgan fingerprint density at radius 2 is 1.76 bits per heavy atom. The van der Waals surface area contributed by atoms with Crippen LogP contribution in [0.15, 0.2) is 30.7 Å². The van der Waals surface area contributed by atoms with Gasteiger partial charge >= 0.3 is 0 Å². The Kier molecular flexibility index (Phi) is 5.34. The third-order valence-electron chi connectivity index (χ3n) is 3.05. The Bertz CT molecular complexity index is 576. The maximum absolute atomic E-state index is 5.44. The van der Waals surface area contributed by atoms with E-state index >= 15 is 0 Å². The normalized spacial score (nSPS) is 10.2. The molecule has 112 valence electrons. The zero-order valence-corrected chi connectivity index (χ0v) is 12.4. The van der Waals surface area contributed by atoms with Gasteiger partial charge in [0.25, 0.3) is 0 Å². The number of hydrogen-bond acceptors (Lipinski definition) is 6. The van der Waals surface area contributed by atoms with Crippen molar-refractivity contribution in [3.63, 3.8) is 0 Å². The van der Waals surface area contributed by atoms with Crippen LogP contribution in [0.3, 0.4) is 0 Å². The lowest BCUT2D eigenvalue weighted by Crippen LogP contribution is -2.14. The summed E-state index contributed by atoms with van der Waals surface area (Å²) in [6.45, 7) is 1.29. The number of nitrogens with one attached hydrogen (secondary N) is 1. The molecule has 0 bridgehead atoms. The molecule has 6 heteroatoms. The van der Waals surface area contributed by atoms with Crippen molar-refractivity contribution in [3.8, 4) is 17.2 Å². The number of rotatable bonds is 7. The van der Waals surface area contributed by atoms with Crippen molar-refractivity contribution in [2.45, 2.75) is 13.1 Å². The van der Waals surface area contributed by atoms with Gasteiger partial charge in [0.1, 0.15) is 6.33 Å². The lowest BCUT2D eigenvalue weighted by atomic mass is 10.1. The predicted octanol–water partition coefficient (Wildman–Crippen LogP) is 1.79. The largest absolute Gasteiger partial charge is 0.493 e. The van der Waals surface area contributed by atoms with E-state index in [-0.39, 0.29) is 0 Å². The standard InChI is InChI=1S/C15H19N3O3/c1-19-13-5-4-11(14(20-2)15(13)21-3)8-17-9-12-6-7-16-10-18-12/h4-7,10,17H,8-9H2,1-3H3. The van der Waals surface area contributed by atoms with E-state index in [4.69, 9.17) is 14.2 Å². The SMILES string of the molecule is COc1ccc(CNCc2ccncn2)c(OC)c1OC. The summed E-state index contributed by atoms with van der Waals surface area (Å²) >= 11 is 0. The quantitative estimate of drug-likeness (QED) is 0.838. The van der Waals surface area contributed by atoms with Gasteiger partial charge in [-0.2, -0.15) is 0 Å². The average molecular weight is 289 g/mol. The summed E-state index contributed by atoms with van der Waals surface area (Å²) in [5, 5.41) is 3.31. The van der Waals surface area contributed by atoms with Gasteiger partial charge in [0.2, 0.25) is 5.75 Å². The van der Waals surface area contributed by atoms with E-state index in [0.717, 1.165) is 11.3 Å². The van der Waals surface area contributed by atoms with Crippen LogP contribution in [0.1, 0.15) is 11.3 Å². The van der Waals surface area contributed by atoms with Crippen LogP contribution in [0.25, 0.3) is 0 Å². The van der Waals surface area contributed by atoms with Gasteiger partial charge in [-0.3, -0.25) is 0 Å². The minimum Gasteiger partial charge on any atom is -0.493 e. The molecule has 0 aliphatic carbocycles. The first kappa shape index (κ1) is 15.1. The molecule has 1 heterocycles. The third-order valence-corrected chi connectivity index (χ3v) is 3.05. The highest BCUT2D eigenvalue weighted by Gasteiger charge is 2.15. The van der Waals surface area contributed by atoms with Crippen molar-refractivity contribution in [2.75, 3.05) is 21.3 Å². The number of methoxy groups -OCH3 is 3. The summed E-state index contributed by atoms with van der Waals surface area (Å²) in [7, 11) is 4.81. The lowest BCUT2D eigenvalue weighted by Gasteiger charge is -2.16. The molecular weight excluding hydrogens is 270 g/mol. The number of aromatic nitrogens is 2. The van der Waals surface area contributed by atoms with E-state index < -0.39 is 0 Å². The van der Waals surface area contributed by atoms with Crippen LogP contribution in [0.2, 0.25) is 0 Å². The van der Waals surface area contributed by atoms with Crippen molar-refractivity contribution in [1.29, 1.82) is 0 Å². The van der Waals surface area contributed by atoms with Gasteiger partial charge < -0.3 is 19.5 Å². The summed E-state index contributed by atoms with van der Waals surface area (Å²) in [5.41, 5.74) is 1.92. The third kappa shape index (κ3) is 3.61. The first-order valence-electron chi connectivity index (χ1n) is 6.53. The summed E-state index contributed by atoms with van der Waals surface area (Å²) in [5.74, 6) is 1.92. The van der Waals surface area contributed by atoms with Gasteiger partial charge in [-0.1, -0.05) is 6.07 Å². The first-order chi connectivity index (χ1) is 10.3. The van der Waals surface area contributed by atoms with Gasteiger partial charge in [0.15, 0.2) is 11.5 Å². The Hall–Kier alpha value is -2.34. The monoisotopic (exact) mass is 289 g/mol. The first-order valence-corrected chi connectivity index (χ1v) is 6.53. The van der Waals surface area contributed by atoms with Crippen molar-refractivity contribution >= 4 is 0 Å². The van der Waals surface area contributed by atoms with Crippen LogP contribution < -0.4 is 19.5 Å². The molecule has 0 unspecified atom stereocenters. The minimum absolute atomic E-state index is 0.598. The predicted molar refractivity (Wildman–Crippen MR) is 78.7 cm³/mol. The van der Waals surface area contributed by atoms with E-state index in [2.05, 4.69) is 15.3 Å². The van der Waals surface area contributed by atoms with Crippen molar-refractivity contribution in [1.82, 2.24) is 15.3 Å². The Labute approximate surface area is 124 Å². The second kappa shape index (κ2) is 7.44. The number of benzene rings is 1. The fraction of sp³-hybridized carbons (Fsp3) is 0.333. The molecule has 0 saturated carbocycles. The minimum atomic E-state index is 0.598. The van der Waals surface area contributed by atoms with Crippen LogP contribution in [-0.2, 0) is 13.1 Å². The molecule has 2 rings (SSSR count). The van der Waals surface area contributed by atoms with E-state index in [1.54, 1.807) is 27.5 Å². The van der Waals surface area contributed by atoms with E-state index in [1.807, 2.05) is 18.2 Å². The highest BCUT2D eigenvalue weighted by atomic mass is 16.5. The maximum Gasteiger partial charge on any atom is 0.203 e. The van der Waals surface area contributed by atoms with E-state index in [1.165, 1.54) is 6.33 Å². The molecule has 0 aliphatic heterocycles. The smallest absolute Gasteiger partial charge is 0.203 e. The molecule has 0 saturated heterocycles. The summed E-state index contributed by atoms with van der Waals surface area (Å²) in [6, 6.07) is 5.69. The molecule has 0 radical (unpaired) electrons. The number of nitrogens with zero attached hydrogens (tertiary/aromatic N) is 2. The van der Waals surface area contributed by atoms with Gasteiger partial charge in [-0.15, -0.1) is 0 Å². The summed E-state index contributed by atoms with van der Waals surface area (Å²) < 4.78 is 16.1. The zero-order chi connectivity index (χ0) is 15.1. The molecule has 0 amide bonds. The molecule has 1 N–H and O–H groups in total. The molecule has 2 aromatic rings. The van der Waals surface area contributed by atoms with Gasteiger partial charge in [-0.05, 0) is 12.1 Å². The molecular formula is C15H19N3O3. The Morgan fingerprint density at radius 1 is 0.952 bits per heavy atom. The van der Waals surface area contributed by atoms with E-state index in [0.29, 0.717) is 30.3 Å². The molecule has 6 nitrogen and oxygen atoms in total. The van der Waals surface area contributed by atoms with Crippen LogP contribution in [-0.4, -0.2) is 31.3 Å². The van der Waals surface area contributed by atoms with Crippen molar-refractivity contribution in [2.24, 2.45) is 0 Å². The molecule has 1 aromatic heterocycles. The van der Waals surface area contributed by atoms with E-state index in [9.17, 15) is 0 Å². The lowest BCUT2D eigenvalue weighted by molar-refractivity contribution is 0.321. The van der Waals surface area contributed by atoms with Crippen LogP contribution in [0, 0.1) is 0 Å². The molecule has 21 heavy (non-hydrogen) atoms. The molecule has 1 aromatic carbocycles. The molecule has 0 fully saturated rings. The molecule has 0 atom stereocenters. The van der Waals surface area contributed by atoms with Gasteiger partial charge in [0.05, 0.1) is 27.0 Å². The highest BCUT2D eigenvalue weighted by Crippen LogP contribution is 2.39. The topological polar surface area (TPSA) is 65.5 Å². The zero-order valence-electron chi connectivity index (χ0n) is 12.4. The second-order valence-electron chi connectivity index (χ2n) is 4.30. The van der Waals surface area contributed by atoms with Crippen molar-refractivity contribution in [3.05, 3.63) is 42.0 Å². The fourth-order valence-corrected chi connectivity index (χ4v) is 2.05. The Balaban J connectivity index is 2.09. The molecule has 0 spiro atoms. The van der Waals surface area contributed by atoms with Gasteiger partial charge in [0, 0.05) is 24.8 Å². The second-order valence-corrected chi connectivity index (χ2v) is 4.30. The van der Waals surface area contributed by atoms with Gasteiger partial charge in [-0.25, -0.2) is 9.97 Å². The maximum atomic E-state index is 5.44. The van der Waals surface area contributed by atoms with Crippen LogP contribution in [0.4, 0.5) is 0 Å².